The molecule has 1 fully saturated rings. The van der Waals surface area contributed by atoms with Crippen LogP contribution in [0.5, 0.6) is 0 Å². The molecule has 0 heterocycles. The molecule has 88 valence electrons. The first kappa shape index (κ1) is 12.4. The fourth-order valence-electron chi connectivity index (χ4n) is 1.29. The zero-order valence-electron chi connectivity index (χ0n) is 9.20. The van der Waals surface area contributed by atoms with Gasteiger partial charge in [-0.05, 0) is 19.3 Å². The Bertz CT molecular complexity index is 195. The summed E-state index contributed by atoms with van der Waals surface area (Å²) in [6.07, 6.45) is 2.93. The molecule has 15 heavy (non-hydrogen) atoms. The van der Waals surface area contributed by atoms with Crippen molar-refractivity contribution in [3.63, 3.8) is 0 Å². The Balaban J connectivity index is 2.05. The zero-order valence-corrected chi connectivity index (χ0v) is 9.20. The van der Waals surface area contributed by atoms with Gasteiger partial charge in [-0.25, -0.2) is 0 Å². The average Bonchev–Trinajstić information content (AvgIpc) is 2.99. The van der Waals surface area contributed by atoms with Gasteiger partial charge in [-0.1, -0.05) is 0 Å². The number of rotatable bonds is 9. The van der Waals surface area contributed by atoms with Gasteiger partial charge in [0.25, 0.3) is 0 Å². The summed E-state index contributed by atoms with van der Waals surface area (Å²) < 4.78 is 10.1. The number of amides is 1. The summed E-state index contributed by atoms with van der Waals surface area (Å²) in [5.74, 6) is -0.294. The Morgan fingerprint density at radius 3 is 2.73 bits per heavy atom. The molecule has 0 aromatic rings. The third-order valence-corrected chi connectivity index (χ3v) is 2.34. The van der Waals surface area contributed by atoms with Crippen LogP contribution in [0.1, 0.15) is 19.3 Å². The maximum atomic E-state index is 11.1. The summed E-state index contributed by atoms with van der Waals surface area (Å²) in [7, 11) is 1.63. The summed E-state index contributed by atoms with van der Waals surface area (Å²) in [5, 5.41) is 3.20. The van der Waals surface area contributed by atoms with Crippen LogP contribution in [-0.4, -0.2) is 44.9 Å². The fraction of sp³-hybridized carbons (Fsp3) is 0.900. The summed E-state index contributed by atoms with van der Waals surface area (Å²) in [6.45, 7) is 1.68. The molecule has 0 aromatic carbocycles. The molecule has 1 amide bonds. The first-order valence-corrected chi connectivity index (χ1v) is 5.36. The van der Waals surface area contributed by atoms with E-state index >= 15 is 0 Å². The molecule has 0 bridgehead atoms. The number of primary amides is 1. The number of nitrogens with one attached hydrogen (secondary N) is 1. The first-order valence-electron chi connectivity index (χ1n) is 5.36. The lowest BCUT2D eigenvalue weighted by molar-refractivity contribution is -0.120. The van der Waals surface area contributed by atoms with E-state index in [1.807, 2.05) is 0 Å². The number of hydrogen-bond donors (Lipinski definition) is 2. The Labute approximate surface area is 90.3 Å². The van der Waals surface area contributed by atoms with E-state index < -0.39 is 0 Å². The van der Waals surface area contributed by atoms with Gasteiger partial charge < -0.3 is 20.5 Å². The number of carbonyl (C=O) groups excluding carboxylic acids is 1. The highest BCUT2D eigenvalue weighted by Crippen LogP contribution is 2.19. The van der Waals surface area contributed by atoms with Crippen molar-refractivity contribution in [3.8, 4) is 0 Å². The first-order chi connectivity index (χ1) is 7.24. The van der Waals surface area contributed by atoms with Gasteiger partial charge in [0.05, 0.1) is 19.3 Å². The number of methoxy groups -OCH3 is 1. The lowest BCUT2D eigenvalue weighted by Crippen LogP contribution is -2.43. The van der Waals surface area contributed by atoms with Crippen LogP contribution >= 0.6 is 0 Å². The topological polar surface area (TPSA) is 73.6 Å². The van der Waals surface area contributed by atoms with Gasteiger partial charge >= 0.3 is 0 Å². The minimum atomic E-state index is -0.294. The smallest absolute Gasteiger partial charge is 0.234 e. The molecule has 0 radical (unpaired) electrons. The number of nitrogens with two attached hydrogens (primary N) is 1. The third kappa shape index (κ3) is 5.71. The van der Waals surface area contributed by atoms with Gasteiger partial charge in [-0.2, -0.15) is 0 Å². The Kier molecular flexibility index (Phi) is 5.60. The van der Waals surface area contributed by atoms with Gasteiger partial charge in [0.15, 0.2) is 0 Å². The molecule has 1 atom stereocenters. The van der Waals surface area contributed by atoms with Crippen LogP contribution in [0.25, 0.3) is 0 Å². The van der Waals surface area contributed by atoms with E-state index in [9.17, 15) is 4.79 Å². The summed E-state index contributed by atoms with van der Waals surface area (Å²) >= 11 is 0. The summed E-state index contributed by atoms with van der Waals surface area (Å²) in [4.78, 5) is 11.1. The minimum Gasteiger partial charge on any atom is -0.382 e. The highest BCUT2D eigenvalue weighted by Gasteiger charge is 2.26. The Morgan fingerprint density at radius 2 is 2.20 bits per heavy atom. The van der Waals surface area contributed by atoms with E-state index in [-0.39, 0.29) is 11.9 Å². The molecule has 5 nitrogen and oxygen atoms in total. The molecule has 0 aromatic heterocycles. The van der Waals surface area contributed by atoms with Crippen molar-refractivity contribution in [2.45, 2.75) is 31.3 Å². The van der Waals surface area contributed by atoms with Crippen LogP contribution in [0, 0.1) is 0 Å². The number of ether oxygens (including phenoxy) is 2. The molecule has 0 saturated heterocycles. The molecule has 0 spiro atoms. The molecule has 1 rings (SSSR count). The van der Waals surface area contributed by atoms with E-state index in [4.69, 9.17) is 15.2 Å². The van der Waals surface area contributed by atoms with Crippen molar-refractivity contribution in [1.82, 2.24) is 5.32 Å². The zero-order chi connectivity index (χ0) is 11.1. The second kappa shape index (κ2) is 6.76. The Morgan fingerprint density at radius 1 is 1.47 bits per heavy atom. The van der Waals surface area contributed by atoms with E-state index in [2.05, 4.69) is 5.32 Å². The van der Waals surface area contributed by atoms with Gasteiger partial charge in [0.2, 0.25) is 5.91 Å². The normalized spacial score (nSPS) is 17.7. The average molecular weight is 216 g/mol. The van der Waals surface area contributed by atoms with E-state index in [0.717, 1.165) is 12.8 Å². The maximum absolute atomic E-state index is 11.1. The molecule has 1 saturated carbocycles. The summed E-state index contributed by atoms with van der Waals surface area (Å²) in [6, 6.07) is 0.238. The van der Waals surface area contributed by atoms with Crippen LogP contribution in [-0.2, 0) is 14.3 Å². The van der Waals surface area contributed by atoms with Crippen molar-refractivity contribution in [1.29, 1.82) is 0 Å². The molecule has 1 unspecified atom stereocenters. The van der Waals surface area contributed by atoms with Crippen molar-refractivity contribution < 1.29 is 14.3 Å². The number of hydrogen-bond acceptors (Lipinski definition) is 4. The van der Waals surface area contributed by atoms with Gasteiger partial charge in [0, 0.05) is 19.8 Å². The molecule has 0 aliphatic heterocycles. The van der Waals surface area contributed by atoms with E-state index in [1.165, 1.54) is 0 Å². The van der Waals surface area contributed by atoms with Crippen LogP contribution in [0.4, 0.5) is 0 Å². The summed E-state index contributed by atoms with van der Waals surface area (Å²) in [5.41, 5.74) is 5.27. The second-order valence-corrected chi connectivity index (χ2v) is 3.79. The monoisotopic (exact) mass is 216 g/mol. The predicted molar refractivity (Wildman–Crippen MR) is 56.5 cm³/mol. The highest BCUT2D eigenvalue weighted by atomic mass is 16.5. The maximum Gasteiger partial charge on any atom is 0.234 e. The van der Waals surface area contributed by atoms with Gasteiger partial charge in [-0.3, -0.25) is 4.79 Å². The lowest BCUT2D eigenvalue weighted by Gasteiger charge is -2.14. The highest BCUT2D eigenvalue weighted by molar-refractivity contribution is 5.79. The van der Waals surface area contributed by atoms with Crippen molar-refractivity contribution in [2.24, 2.45) is 5.73 Å². The largest absolute Gasteiger partial charge is 0.382 e. The fourth-order valence-corrected chi connectivity index (χ4v) is 1.29. The minimum absolute atomic E-state index is 0.250. The standard InChI is InChI=1S/C10H20N2O3/c1-14-6-7-15-5-4-9(10(11)13)12-8-2-3-8/h8-9,12H,2-7H2,1H3,(H2,11,13). The van der Waals surface area contributed by atoms with Crippen LogP contribution in [0.15, 0.2) is 0 Å². The third-order valence-electron chi connectivity index (χ3n) is 2.34. The van der Waals surface area contributed by atoms with Crippen molar-refractivity contribution in [2.75, 3.05) is 26.9 Å². The van der Waals surface area contributed by atoms with Crippen LogP contribution in [0.3, 0.4) is 0 Å². The molecular weight excluding hydrogens is 196 g/mol. The van der Waals surface area contributed by atoms with Crippen molar-refractivity contribution >= 4 is 5.91 Å². The van der Waals surface area contributed by atoms with Crippen LogP contribution in [0.2, 0.25) is 0 Å². The van der Waals surface area contributed by atoms with E-state index in [0.29, 0.717) is 32.3 Å². The molecule has 3 N–H and O–H groups in total. The Hall–Kier alpha value is -0.650. The van der Waals surface area contributed by atoms with Gasteiger partial charge in [-0.15, -0.1) is 0 Å². The molecule has 5 heteroatoms. The van der Waals surface area contributed by atoms with Crippen molar-refractivity contribution in [3.05, 3.63) is 0 Å². The van der Waals surface area contributed by atoms with Gasteiger partial charge in [0.1, 0.15) is 0 Å². The molecule has 1 aliphatic rings. The lowest BCUT2D eigenvalue weighted by atomic mass is 10.2. The van der Waals surface area contributed by atoms with E-state index in [1.54, 1.807) is 7.11 Å². The molecule has 1 aliphatic carbocycles. The predicted octanol–water partition coefficient (Wildman–Crippen LogP) is -0.355. The number of carbonyl (C=O) groups is 1. The molecular formula is C10H20N2O3. The SMILES string of the molecule is COCCOCCC(NC1CC1)C(N)=O. The second-order valence-electron chi connectivity index (χ2n) is 3.79. The van der Waals surface area contributed by atoms with Crippen LogP contribution < -0.4 is 11.1 Å². The quantitative estimate of drug-likeness (QED) is 0.516.